The zero-order valence-electron chi connectivity index (χ0n) is 11.0. The number of nitrogens with zero attached hydrogens (tertiary/aromatic N) is 1. The van der Waals surface area contributed by atoms with Crippen molar-refractivity contribution in [2.24, 2.45) is 11.1 Å². The summed E-state index contributed by atoms with van der Waals surface area (Å²) in [5.41, 5.74) is 6.45. The lowest BCUT2D eigenvalue weighted by atomic mass is 10.1. The van der Waals surface area contributed by atoms with Gasteiger partial charge in [-0.2, -0.15) is 0 Å². The van der Waals surface area contributed by atoms with Crippen molar-refractivity contribution in [3.05, 3.63) is 22.9 Å². The summed E-state index contributed by atoms with van der Waals surface area (Å²) in [5, 5.41) is 12.1. The molecule has 0 unspecified atom stereocenters. The predicted molar refractivity (Wildman–Crippen MR) is 70.0 cm³/mol. The Hall–Kier alpha value is -2.11. The van der Waals surface area contributed by atoms with Gasteiger partial charge in [0.15, 0.2) is 0 Å². The summed E-state index contributed by atoms with van der Waals surface area (Å²) in [6.45, 7) is 3.86. The molecular formula is C13H17N3O3. The van der Waals surface area contributed by atoms with Crippen molar-refractivity contribution in [2.45, 2.75) is 26.7 Å². The van der Waals surface area contributed by atoms with E-state index in [1.54, 1.807) is 13.0 Å². The molecule has 6 heteroatoms. The van der Waals surface area contributed by atoms with Crippen LogP contribution in [-0.2, 0) is 4.79 Å². The van der Waals surface area contributed by atoms with E-state index >= 15 is 0 Å². The number of hydrogen-bond donors (Lipinski definition) is 3. The number of rotatable bonds is 5. The van der Waals surface area contributed by atoms with Crippen LogP contribution in [-0.4, -0.2) is 28.5 Å². The largest absolute Gasteiger partial charge is 0.481 e. The molecule has 102 valence electrons. The second-order valence-corrected chi connectivity index (χ2v) is 5.11. The Morgan fingerprint density at radius 2 is 2.11 bits per heavy atom. The van der Waals surface area contributed by atoms with E-state index in [0.717, 1.165) is 11.3 Å². The lowest BCUT2D eigenvalue weighted by Gasteiger charge is -2.15. The molecule has 2 rings (SSSR count). The Balaban J connectivity index is 2.25. The molecule has 0 radical (unpaired) electrons. The van der Waals surface area contributed by atoms with Crippen molar-refractivity contribution < 1.29 is 14.7 Å². The number of carboxylic acid groups (broad SMARTS) is 1. The summed E-state index contributed by atoms with van der Waals surface area (Å²) < 4.78 is 0. The first-order valence-corrected chi connectivity index (χ1v) is 6.11. The van der Waals surface area contributed by atoms with Gasteiger partial charge in [-0.3, -0.25) is 9.59 Å². The number of primary amides is 1. The molecule has 0 saturated heterocycles. The topological polar surface area (TPSA) is 105 Å². The second kappa shape index (κ2) is 4.53. The molecule has 1 aliphatic rings. The number of nitrogens with two attached hydrogens (primary N) is 1. The number of carboxylic acids is 1. The highest BCUT2D eigenvalue weighted by Crippen LogP contribution is 2.45. The maximum Gasteiger partial charge on any atom is 0.311 e. The molecule has 1 aromatic heterocycles. The number of aromatic nitrogens is 1. The summed E-state index contributed by atoms with van der Waals surface area (Å²) in [7, 11) is 0. The number of pyridine rings is 1. The number of carbonyl (C=O) groups excluding carboxylic acids is 1. The zero-order chi connectivity index (χ0) is 14.2. The molecule has 1 amide bonds. The Labute approximate surface area is 111 Å². The Morgan fingerprint density at radius 3 is 2.58 bits per heavy atom. The SMILES string of the molecule is Cc1cc(C)c(C(N)=O)c(NCC2(C(=O)O)CC2)n1. The average Bonchev–Trinajstić information content (AvgIpc) is 3.05. The molecule has 0 aromatic carbocycles. The molecule has 0 aliphatic heterocycles. The number of nitrogens with one attached hydrogen (secondary N) is 1. The van der Waals surface area contributed by atoms with Crippen LogP contribution < -0.4 is 11.1 Å². The van der Waals surface area contributed by atoms with E-state index in [1.165, 1.54) is 0 Å². The maximum absolute atomic E-state index is 11.5. The number of aryl methyl sites for hydroxylation is 2. The fourth-order valence-corrected chi connectivity index (χ4v) is 2.15. The van der Waals surface area contributed by atoms with Crippen LogP contribution in [0.25, 0.3) is 0 Å². The Bertz CT molecular complexity index is 550. The third-order valence-electron chi connectivity index (χ3n) is 3.49. The number of amides is 1. The van der Waals surface area contributed by atoms with Crippen LogP contribution >= 0.6 is 0 Å². The van der Waals surface area contributed by atoms with Gasteiger partial charge in [-0.15, -0.1) is 0 Å². The highest BCUT2D eigenvalue weighted by Gasteiger charge is 2.50. The first kappa shape index (κ1) is 13.3. The quantitative estimate of drug-likeness (QED) is 0.737. The minimum atomic E-state index is -0.815. The minimum absolute atomic E-state index is 0.262. The van der Waals surface area contributed by atoms with E-state index in [9.17, 15) is 9.59 Å². The summed E-state index contributed by atoms with van der Waals surface area (Å²) in [6.07, 6.45) is 1.29. The molecule has 1 aromatic rings. The maximum atomic E-state index is 11.5. The van der Waals surface area contributed by atoms with E-state index in [1.807, 2.05) is 6.92 Å². The average molecular weight is 263 g/mol. The number of hydrogen-bond acceptors (Lipinski definition) is 4. The summed E-state index contributed by atoms with van der Waals surface area (Å²) in [5.74, 6) is -1.00. The van der Waals surface area contributed by atoms with Gasteiger partial charge in [0, 0.05) is 12.2 Å². The summed E-state index contributed by atoms with van der Waals surface area (Å²) in [6, 6.07) is 1.77. The number of carbonyl (C=O) groups is 2. The Kier molecular flexibility index (Phi) is 3.18. The molecule has 4 N–H and O–H groups in total. The van der Waals surface area contributed by atoms with Crippen LogP contribution in [0.15, 0.2) is 6.07 Å². The van der Waals surface area contributed by atoms with Crippen LogP contribution in [0.5, 0.6) is 0 Å². The monoisotopic (exact) mass is 263 g/mol. The van der Waals surface area contributed by atoms with Gasteiger partial charge in [0.2, 0.25) is 0 Å². The normalized spacial score (nSPS) is 15.9. The van der Waals surface area contributed by atoms with Crippen molar-refractivity contribution in [1.29, 1.82) is 0 Å². The molecule has 0 atom stereocenters. The van der Waals surface area contributed by atoms with Gasteiger partial charge in [-0.1, -0.05) is 0 Å². The molecular weight excluding hydrogens is 246 g/mol. The number of anilines is 1. The lowest BCUT2D eigenvalue weighted by Crippen LogP contribution is -2.26. The summed E-state index contributed by atoms with van der Waals surface area (Å²) >= 11 is 0. The van der Waals surface area contributed by atoms with Gasteiger partial charge in [0.25, 0.3) is 5.91 Å². The molecule has 6 nitrogen and oxygen atoms in total. The van der Waals surface area contributed by atoms with Gasteiger partial charge in [0.1, 0.15) is 5.82 Å². The van der Waals surface area contributed by atoms with E-state index < -0.39 is 17.3 Å². The third kappa shape index (κ3) is 2.52. The Morgan fingerprint density at radius 1 is 1.47 bits per heavy atom. The molecule has 19 heavy (non-hydrogen) atoms. The smallest absolute Gasteiger partial charge is 0.311 e. The molecule has 0 bridgehead atoms. The van der Waals surface area contributed by atoms with Crippen molar-refractivity contribution in [3.8, 4) is 0 Å². The van der Waals surface area contributed by atoms with E-state index in [2.05, 4.69) is 10.3 Å². The van der Waals surface area contributed by atoms with Gasteiger partial charge < -0.3 is 16.2 Å². The zero-order valence-corrected chi connectivity index (χ0v) is 11.0. The lowest BCUT2D eigenvalue weighted by molar-refractivity contribution is -0.142. The van der Waals surface area contributed by atoms with Gasteiger partial charge >= 0.3 is 5.97 Å². The van der Waals surface area contributed by atoms with Crippen molar-refractivity contribution in [1.82, 2.24) is 4.98 Å². The molecule has 1 aliphatic carbocycles. The highest BCUT2D eigenvalue weighted by atomic mass is 16.4. The van der Waals surface area contributed by atoms with Crippen molar-refractivity contribution in [2.75, 3.05) is 11.9 Å². The molecule has 1 fully saturated rings. The van der Waals surface area contributed by atoms with Gasteiger partial charge in [0.05, 0.1) is 11.0 Å². The minimum Gasteiger partial charge on any atom is -0.481 e. The fraction of sp³-hybridized carbons (Fsp3) is 0.462. The van der Waals surface area contributed by atoms with Crippen LogP contribution in [0, 0.1) is 19.3 Å². The highest BCUT2D eigenvalue weighted by molar-refractivity contribution is 5.99. The molecule has 1 saturated carbocycles. The first-order valence-electron chi connectivity index (χ1n) is 6.11. The summed E-state index contributed by atoms with van der Waals surface area (Å²) in [4.78, 5) is 26.8. The molecule has 0 spiro atoms. The molecule has 1 heterocycles. The van der Waals surface area contributed by atoms with Crippen LogP contribution in [0.3, 0.4) is 0 Å². The van der Waals surface area contributed by atoms with E-state index in [4.69, 9.17) is 10.8 Å². The van der Waals surface area contributed by atoms with E-state index in [0.29, 0.717) is 24.2 Å². The third-order valence-corrected chi connectivity index (χ3v) is 3.49. The van der Waals surface area contributed by atoms with Crippen molar-refractivity contribution in [3.63, 3.8) is 0 Å². The fourth-order valence-electron chi connectivity index (χ4n) is 2.15. The van der Waals surface area contributed by atoms with Crippen LogP contribution in [0.4, 0.5) is 5.82 Å². The predicted octanol–water partition coefficient (Wildman–Crippen LogP) is 1.07. The second-order valence-electron chi connectivity index (χ2n) is 5.11. The van der Waals surface area contributed by atoms with Crippen LogP contribution in [0.2, 0.25) is 0 Å². The van der Waals surface area contributed by atoms with E-state index in [-0.39, 0.29) is 6.54 Å². The van der Waals surface area contributed by atoms with Crippen LogP contribution in [0.1, 0.15) is 34.5 Å². The first-order chi connectivity index (χ1) is 8.85. The number of aliphatic carboxylic acids is 1. The van der Waals surface area contributed by atoms with Crippen molar-refractivity contribution >= 4 is 17.7 Å². The standard InChI is InChI=1S/C13H17N3O3/c1-7-5-8(2)16-11(9(7)10(14)17)15-6-13(3-4-13)12(18)19/h5H,3-4,6H2,1-2H3,(H2,14,17)(H,15,16)(H,18,19). The van der Waals surface area contributed by atoms with Gasteiger partial charge in [-0.25, -0.2) is 4.98 Å². The van der Waals surface area contributed by atoms with Gasteiger partial charge in [-0.05, 0) is 38.3 Å².